The van der Waals surface area contributed by atoms with Crippen LogP contribution in [-0.4, -0.2) is 11.1 Å². The highest BCUT2D eigenvalue weighted by Crippen LogP contribution is 2.34. The summed E-state index contributed by atoms with van der Waals surface area (Å²) in [7, 11) is 0. The normalized spacial score (nSPS) is 11.0. The molecule has 0 saturated carbocycles. The van der Waals surface area contributed by atoms with Gasteiger partial charge in [0.25, 0.3) is 0 Å². The van der Waals surface area contributed by atoms with E-state index in [1.54, 1.807) is 24.3 Å². The molecular weight excluding hydrogens is 436 g/mol. The number of carbonyl (C=O) groups is 1. The summed E-state index contributed by atoms with van der Waals surface area (Å²) < 4.78 is 6.18. The zero-order valence-corrected chi connectivity index (χ0v) is 16.8. The zero-order chi connectivity index (χ0) is 17.9. The van der Waals surface area contributed by atoms with E-state index in [2.05, 4.69) is 31.9 Å². The predicted molar refractivity (Wildman–Crippen MR) is 104 cm³/mol. The summed E-state index contributed by atoms with van der Waals surface area (Å²) in [5.74, 6) is 0.453. The van der Waals surface area contributed by atoms with Crippen LogP contribution in [0, 0.1) is 5.41 Å². The standard InChI is InChI=1S/C19H18Br2O3/c1-19(2,3)18(23)24-15-10-6-13(7-11-15)16(17(20)21)12-4-8-14(22)9-5-12/h4-11,22H,1-3H3. The lowest BCUT2D eigenvalue weighted by Gasteiger charge is -2.16. The molecule has 0 radical (unpaired) electrons. The third-order valence-corrected chi connectivity index (χ3v) is 4.10. The van der Waals surface area contributed by atoms with Crippen LogP contribution in [0.15, 0.2) is 51.9 Å². The number of rotatable bonds is 3. The molecule has 126 valence electrons. The topological polar surface area (TPSA) is 46.5 Å². The van der Waals surface area contributed by atoms with E-state index in [9.17, 15) is 9.90 Å². The molecule has 3 nitrogen and oxygen atoms in total. The number of hydrogen-bond donors (Lipinski definition) is 1. The Balaban J connectivity index is 2.29. The number of esters is 1. The van der Waals surface area contributed by atoms with E-state index in [1.807, 2.05) is 45.0 Å². The summed E-state index contributed by atoms with van der Waals surface area (Å²) in [5.41, 5.74) is 2.27. The van der Waals surface area contributed by atoms with Gasteiger partial charge in [-0.05, 0) is 88.0 Å². The quantitative estimate of drug-likeness (QED) is 0.468. The van der Waals surface area contributed by atoms with Crippen LogP contribution in [0.25, 0.3) is 5.57 Å². The molecule has 0 fully saturated rings. The van der Waals surface area contributed by atoms with Crippen LogP contribution >= 0.6 is 31.9 Å². The molecule has 5 heteroatoms. The first-order valence-electron chi connectivity index (χ1n) is 7.36. The van der Waals surface area contributed by atoms with E-state index >= 15 is 0 Å². The molecule has 0 amide bonds. The number of ether oxygens (including phenoxy) is 1. The van der Waals surface area contributed by atoms with E-state index in [4.69, 9.17) is 4.74 Å². The fourth-order valence-corrected chi connectivity index (χ4v) is 2.88. The van der Waals surface area contributed by atoms with Crippen molar-refractivity contribution in [2.75, 3.05) is 0 Å². The van der Waals surface area contributed by atoms with Crippen LogP contribution < -0.4 is 4.74 Å². The maximum absolute atomic E-state index is 11.9. The number of halogens is 2. The first-order valence-corrected chi connectivity index (χ1v) is 8.94. The molecule has 0 heterocycles. The van der Waals surface area contributed by atoms with Crippen LogP contribution in [0.3, 0.4) is 0 Å². The van der Waals surface area contributed by atoms with E-state index in [1.165, 1.54) is 0 Å². The minimum absolute atomic E-state index is 0.216. The molecule has 2 rings (SSSR count). The van der Waals surface area contributed by atoms with Gasteiger partial charge in [0, 0.05) is 5.57 Å². The van der Waals surface area contributed by atoms with Gasteiger partial charge in [0.05, 0.1) is 8.81 Å². The Morgan fingerprint density at radius 2 is 1.38 bits per heavy atom. The molecule has 0 bridgehead atoms. The largest absolute Gasteiger partial charge is 0.508 e. The monoisotopic (exact) mass is 452 g/mol. The van der Waals surface area contributed by atoms with Gasteiger partial charge in [-0.25, -0.2) is 0 Å². The average Bonchev–Trinajstić information content (AvgIpc) is 2.50. The van der Waals surface area contributed by atoms with Crippen molar-refractivity contribution in [1.82, 2.24) is 0 Å². The summed E-state index contributed by atoms with van der Waals surface area (Å²) in [6.07, 6.45) is 0. The molecule has 0 aliphatic rings. The Labute approximate surface area is 158 Å². The summed E-state index contributed by atoms with van der Waals surface area (Å²) in [4.78, 5) is 11.9. The Kier molecular flexibility index (Phi) is 5.88. The molecule has 0 unspecified atom stereocenters. The van der Waals surface area contributed by atoms with Gasteiger partial charge >= 0.3 is 5.97 Å². The second-order valence-corrected chi connectivity index (χ2v) is 9.00. The van der Waals surface area contributed by atoms with Crippen molar-refractivity contribution in [3.05, 3.63) is 63.0 Å². The number of benzene rings is 2. The van der Waals surface area contributed by atoms with Gasteiger partial charge in [0.2, 0.25) is 0 Å². The lowest BCUT2D eigenvalue weighted by molar-refractivity contribution is -0.142. The summed E-state index contributed by atoms with van der Waals surface area (Å²) in [6, 6.07) is 14.2. The lowest BCUT2D eigenvalue weighted by atomic mass is 9.97. The Morgan fingerprint density at radius 1 is 0.917 bits per heavy atom. The SMILES string of the molecule is CC(C)(C)C(=O)Oc1ccc(C(=C(Br)Br)c2ccc(O)cc2)cc1. The molecule has 2 aromatic rings. The molecule has 1 N–H and O–H groups in total. The highest BCUT2D eigenvalue weighted by molar-refractivity contribution is 9.28. The molecule has 0 saturated heterocycles. The highest BCUT2D eigenvalue weighted by atomic mass is 79.9. The lowest BCUT2D eigenvalue weighted by Crippen LogP contribution is -2.25. The van der Waals surface area contributed by atoms with Crippen molar-refractivity contribution in [2.45, 2.75) is 20.8 Å². The summed E-state index contributed by atoms with van der Waals surface area (Å²) in [5, 5.41) is 9.45. The minimum atomic E-state index is -0.547. The highest BCUT2D eigenvalue weighted by Gasteiger charge is 2.23. The van der Waals surface area contributed by atoms with E-state index in [0.717, 1.165) is 20.1 Å². The number of aromatic hydroxyl groups is 1. The molecular formula is C19H18Br2O3. The van der Waals surface area contributed by atoms with Gasteiger partial charge < -0.3 is 9.84 Å². The molecule has 2 aromatic carbocycles. The van der Waals surface area contributed by atoms with Crippen molar-refractivity contribution in [3.63, 3.8) is 0 Å². The van der Waals surface area contributed by atoms with Crippen LogP contribution in [0.2, 0.25) is 0 Å². The second kappa shape index (κ2) is 7.53. The third-order valence-electron chi connectivity index (χ3n) is 3.31. The second-order valence-electron chi connectivity index (χ2n) is 6.35. The molecule has 0 aliphatic heterocycles. The average molecular weight is 454 g/mol. The van der Waals surface area contributed by atoms with Gasteiger partial charge in [0.15, 0.2) is 0 Å². The summed E-state index contributed by atoms with van der Waals surface area (Å²) in [6.45, 7) is 5.45. The van der Waals surface area contributed by atoms with E-state index in [-0.39, 0.29) is 11.7 Å². The predicted octanol–water partition coefficient (Wildman–Crippen LogP) is 5.85. The maximum atomic E-state index is 11.9. The number of hydrogen-bond acceptors (Lipinski definition) is 3. The van der Waals surface area contributed by atoms with Crippen molar-refractivity contribution in [3.8, 4) is 11.5 Å². The van der Waals surface area contributed by atoms with Gasteiger partial charge in [0.1, 0.15) is 11.5 Å². The van der Waals surface area contributed by atoms with Gasteiger partial charge in [-0.15, -0.1) is 0 Å². The molecule has 0 aromatic heterocycles. The number of carbonyl (C=O) groups excluding carboxylic acids is 1. The van der Waals surface area contributed by atoms with Gasteiger partial charge in [-0.3, -0.25) is 4.79 Å². The summed E-state index contributed by atoms with van der Waals surface area (Å²) >= 11 is 6.93. The van der Waals surface area contributed by atoms with Gasteiger partial charge in [-0.2, -0.15) is 0 Å². The minimum Gasteiger partial charge on any atom is -0.508 e. The molecule has 0 aliphatic carbocycles. The van der Waals surface area contributed by atoms with Crippen LogP contribution in [0.5, 0.6) is 11.5 Å². The van der Waals surface area contributed by atoms with Crippen molar-refractivity contribution < 1.29 is 14.6 Å². The zero-order valence-electron chi connectivity index (χ0n) is 13.6. The smallest absolute Gasteiger partial charge is 0.316 e. The third kappa shape index (κ3) is 4.71. The molecule has 0 atom stereocenters. The van der Waals surface area contributed by atoms with Crippen molar-refractivity contribution in [1.29, 1.82) is 0 Å². The maximum Gasteiger partial charge on any atom is 0.316 e. The number of phenols is 1. The first-order chi connectivity index (χ1) is 11.2. The van der Waals surface area contributed by atoms with E-state index in [0.29, 0.717) is 5.75 Å². The fraction of sp³-hybridized carbons (Fsp3) is 0.211. The Bertz CT molecular complexity index is 751. The first kappa shape index (κ1) is 18.7. The van der Waals surface area contributed by atoms with Crippen LogP contribution in [0.4, 0.5) is 0 Å². The number of phenolic OH excluding ortho intramolecular Hbond substituents is 1. The molecule has 0 spiro atoms. The van der Waals surface area contributed by atoms with Crippen LogP contribution in [0.1, 0.15) is 31.9 Å². The van der Waals surface area contributed by atoms with Crippen molar-refractivity contribution in [2.24, 2.45) is 5.41 Å². The van der Waals surface area contributed by atoms with Gasteiger partial charge in [-0.1, -0.05) is 24.3 Å². The molecule has 24 heavy (non-hydrogen) atoms. The Hall–Kier alpha value is -1.59. The van der Waals surface area contributed by atoms with Crippen molar-refractivity contribution >= 4 is 43.4 Å². The Morgan fingerprint density at radius 3 is 1.79 bits per heavy atom. The fourth-order valence-electron chi connectivity index (χ4n) is 1.96. The van der Waals surface area contributed by atoms with Crippen LogP contribution in [-0.2, 0) is 4.79 Å². The van der Waals surface area contributed by atoms with E-state index < -0.39 is 5.41 Å².